The highest BCUT2D eigenvalue weighted by Crippen LogP contribution is 2.38. The predicted octanol–water partition coefficient (Wildman–Crippen LogP) is 4.17. The van der Waals surface area contributed by atoms with Crippen LogP contribution in [0.1, 0.15) is 27.2 Å². The Morgan fingerprint density at radius 1 is 1.15 bits per heavy atom. The summed E-state index contributed by atoms with van der Waals surface area (Å²) in [5, 5.41) is 1.75. The monoisotopic (exact) mass is 194 g/mol. The van der Waals surface area contributed by atoms with E-state index in [4.69, 9.17) is 0 Å². The molecule has 13 heavy (non-hydrogen) atoms. The molecule has 1 aliphatic rings. The van der Waals surface area contributed by atoms with Gasteiger partial charge in [0.05, 0.1) is 8.07 Å². The minimum absolute atomic E-state index is 0.336. The van der Waals surface area contributed by atoms with Gasteiger partial charge in [-0.2, -0.15) is 0 Å². The molecule has 0 N–H and O–H groups in total. The summed E-state index contributed by atoms with van der Waals surface area (Å²) in [6.45, 7) is 14.3. The second-order valence-corrected chi connectivity index (χ2v) is 11.1. The second kappa shape index (κ2) is 3.12. The zero-order valence-electron chi connectivity index (χ0n) is 9.86. The Bertz CT molecular complexity index is 256. The van der Waals surface area contributed by atoms with E-state index in [0.29, 0.717) is 5.41 Å². The summed E-state index contributed by atoms with van der Waals surface area (Å²) in [7, 11) is -1.08. The molecular weight excluding hydrogens is 172 g/mol. The van der Waals surface area contributed by atoms with Gasteiger partial charge >= 0.3 is 0 Å². The van der Waals surface area contributed by atoms with Crippen molar-refractivity contribution >= 4 is 8.07 Å². The van der Waals surface area contributed by atoms with Crippen LogP contribution in [0.2, 0.25) is 19.6 Å². The Kier molecular flexibility index (Phi) is 2.59. The highest BCUT2D eigenvalue weighted by atomic mass is 28.3. The van der Waals surface area contributed by atoms with Crippen molar-refractivity contribution in [2.24, 2.45) is 5.41 Å². The Hall–Kier alpha value is -0.303. The van der Waals surface area contributed by atoms with Crippen LogP contribution >= 0.6 is 0 Å². The van der Waals surface area contributed by atoms with Crippen LogP contribution in [0.4, 0.5) is 0 Å². The fourth-order valence-corrected chi connectivity index (χ4v) is 3.91. The lowest BCUT2D eigenvalue weighted by molar-refractivity contribution is 0.516. The van der Waals surface area contributed by atoms with Gasteiger partial charge in [-0.05, 0) is 17.4 Å². The summed E-state index contributed by atoms with van der Waals surface area (Å²) in [5.74, 6) is 0. The summed E-state index contributed by atoms with van der Waals surface area (Å²) < 4.78 is 0. The molecule has 0 bridgehead atoms. The maximum Gasteiger partial charge on any atom is 0.0732 e. The van der Waals surface area contributed by atoms with Crippen molar-refractivity contribution in [2.75, 3.05) is 0 Å². The van der Waals surface area contributed by atoms with E-state index >= 15 is 0 Å². The van der Waals surface area contributed by atoms with Crippen LogP contribution in [0, 0.1) is 5.41 Å². The van der Waals surface area contributed by atoms with Crippen LogP contribution in [0.15, 0.2) is 22.9 Å². The molecule has 74 valence electrons. The molecule has 0 aromatic heterocycles. The fourth-order valence-electron chi connectivity index (χ4n) is 1.92. The molecule has 0 heterocycles. The quantitative estimate of drug-likeness (QED) is 0.550. The highest BCUT2D eigenvalue weighted by Gasteiger charge is 2.29. The third kappa shape index (κ3) is 2.34. The molecule has 0 aliphatic heterocycles. The van der Waals surface area contributed by atoms with Gasteiger partial charge < -0.3 is 0 Å². The summed E-state index contributed by atoms with van der Waals surface area (Å²) in [6.07, 6.45) is 5.88. The summed E-state index contributed by atoms with van der Waals surface area (Å²) >= 11 is 0. The largest absolute Gasteiger partial charge is 0.0806 e. The minimum Gasteiger partial charge on any atom is -0.0806 e. The molecule has 0 saturated heterocycles. The van der Waals surface area contributed by atoms with Gasteiger partial charge in [0.1, 0.15) is 0 Å². The standard InChI is InChI=1S/C12H22Si/c1-12(2,3)10-8-7-9-11(10)13(4,5)6/h7-8H,9H2,1-6H3. The minimum atomic E-state index is -1.08. The van der Waals surface area contributed by atoms with E-state index in [9.17, 15) is 0 Å². The number of rotatable bonds is 1. The Labute approximate surface area is 83.7 Å². The van der Waals surface area contributed by atoms with E-state index in [0.717, 1.165) is 0 Å². The lowest BCUT2D eigenvalue weighted by Gasteiger charge is -2.27. The summed E-state index contributed by atoms with van der Waals surface area (Å²) in [5.41, 5.74) is 1.94. The van der Waals surface area contributed by atoms with Gasteiger partial charge in [0.2, 0.25) is 0 Å². The van der Waals surface area contributed by atoms with E-state index in [-0.39, 0.29) is 0 Å². The highest BCUT2D eigenvalue weighted by molar-refractivity contribution is 6.83. The van der Waals surface area contributed by atoms with Crippen LogP contribution in [0.25, 0.3) is 0 Å². The molecule has 0 radical (unpaired) electrons. The Morgan fingerprint density at radius 2 is 1.69 bits per heavy atom. The van der Waals surface area contributed by atoms with Crippen molar-refractivity contribution < 1.29 is 0 Å². The molecule has 0 saturated carbocycles. The van der Waals surface area contributed by atoms with Gasteiger partial charge in [-0.25, -0.2) is 0 Å². The lowest BCUT2D eigenvalue weighted by atomic mass is 9.87. The van der Waals surface area contributed by atoms with Crippen molar-refractivity contribution in [3.05, 3.63) is 22.9 Å². The average Bonchev–Trinajstić information content (AvgIpc) is 2.27. The zero-order valence-corrected chi connectivity index (χ0v) is 10.9. The van der Waals surface area contributed by atoms with Crippen LogP contribution in [0.3, 0.4) is 0 Å². The smallest absolute Gasteiger partial charge is 0.0732 e. The zero-order chi connectivity index (χ0) is 10.3. The number of allylic oxidation sites excluding steroid dienone is 4. The van der Waals surface area contributed by atoms with Crippen LogP contribution in [0.5, 0.6) is 0 Å². The van der Waals surface area contributed by atoms with Gasteiger partial charge in [0.15, 0.2) is 0 Å². The molecular formula is C12H22Si. The van der Waals surface area contributed by atoms with Crippen LogP contribution in [-0.2, 0) is 0 Å². The molecule has 0 fully saturated rings. The molecule has 1 rings (SSSR count). The fraction of sp³-hybridized carbons (Fsp3) is 0.667. The van der Waals surface area contributed by atoms with Crippen molar-refractivity contribution in [1.82, 2.24) is 0 Å². The van der Waals surface area contributed by atoms with Gasteiger partial charge in [-0.3, -0.25) is 0 Å². The van der Waals surface area contributed by atoms with E-state index in [2.05, 4.69) is 52.6 Å². The first-order valence-electron chi connectivity index (χ1n) is 5.13. The van der Waals surface area contributed by atoms with E-state index in [1.807, 2.05) is 0 Å². The SMILES string of the molecule is CC(C)(C)C1=C([Si](C)(C)C)CC=C1. The molecule has 0 nitrogen and oxygen atoms in total. The third-order valence-corrected chi connectivity index (χ3v) is 4.93. The molecule has 1 aliphatic carbocycles. The van der Waals surface area contributed by atoms with E-state index < -0.39 is 8.07 Å². The first-order valence-corrected chi connectivity index (χ1v) is 8.63. The summed E-state index contributed by atoms with van der Waals surface area (Å²) in [4.78, 5) is 0. The molecule has 1 heteroatoms. The second-order valence-electron chi connectivity index (χ2n) is 6.00. The van der Waals surface area contributed by atoms with Crippen molar-refractivity contribution in [3.8, 4) is 0 Å². The molecule has 0 aromatic rings. The molecule has 0 unspecified atom stereocenters. The van der Waals surface area contributed by atoms with Gasteiger partial charge in [-0.15, -0.1) is 0 Å². The molecule has 0 spiro atoms. The Morgan fingerprint density at radius 3 is 2.00 bits per heavy atom. The summed E-state index contributed by atoms with van der Waals surface area (Å²) in [6, 6.07) is 0. The Balaban J connectivity index is 3.10. The molecule has 0 atom stereocenters. The number of hydrogen-bond donors (Lipinski definition) is 0. The third-order valence-electron chi connectivity index (χ3n) is 2.64. The molecule has 0 aromatic carbocycles. The van der Waals surface area contributed by atoms with Crippen LogP contribution < -0.4 is 0 Å². The first-order chi connectivity index (χ1) is 5.73. The average molecular weight is 194 g/mol. The first kappa shape index (κ1) is 10.8. The maximum absolute atomic E-state index is 2.45. The van der Waals surface area contributed by atoms with Gasteiger partial charge in [-0.1, -0.05) is 57.8 Å². The van der Waals surface area contributed by atoms with Gasteiger partial charge in [0, 0.05) is 0 Å². The predicted molar refractivity (Wildman–Crippen MR) is 63.6 cm³/mol. The maximum atomic E-state index is 2.45. The van der Waals surface area contributed by atoms with Gasteiger partial charge in [0.25, 0.3) is 0 Å². The molecule has 0 amide bonds. The van der Waals surface area contributed by atoms with E-state index in [1.54, 1.807) is 10.8 Å². The van der Waals surface area contributed by atoms with Crippen LogP contribution in [-0.4, -0.2) is 8.07 Å². The van der Waals surface area contributed by atoms with E-state index in [1.165, 1.54) is 6.42 Å². The number of hydrogen-bond acceptors (Lipinski definition) is 0. The normalized spacial score (nSPS) is 18.6. The van der Waals surface area contributed by atoms with Crippen molar-refractivity contribution in [2.45, 2.75) is 46.8 Å². The van der Waals surface area contributed by atoms with Crippen molar-refractivity contribution in [1.29, 1.82) is 0 Å². The van der Waals surface area contributed by atoms with Crippen molar-refractivity contribution in [3.63, 3.8) is 0 Å². The lowest BCUT2D eigenvalue weighted by Crippen LogP contribution is -2.26. The topological polar surface area (TPSA) is 0 Å².